The molecule has 0 bridgehead atoms. The summed E-state index contributed by atoms with van der Waals surface area (Å²) in [5.74, 6) is -1.61. The van der Waals surface area contributed by atoms with Crippen molar-refractivity contribution in [3.8, 4) is 17.0 Å². The minimum absolute atomic E-state index is 0.265. The van der Waals surface area contributed by atoms with E-state index in [1.165, 1.54) is 12.0 Å². The van der Waals surface area contributed by atoms with Crippen molar-refractivity contribution in [2.45, 2.75) is 25.1 Å². The van der Waals surface area contributed by atoms with Gasteiger partial charge in [-0.15, -0.1) is 10.2 Å². The topological polar surface area (TPSA) is 120 Å². The monoisotopic (exact) mass is 523 g/mol. The fourth-order valence-electron chi connectivity index (χ4n) is 4.95. The first-order valence-electron chi connectivity index (χ1n) is 12.2. The molecule has 0 spiro atoms. The van der Waals surface area contributed by atoms with Crippen molar-refractivity contribution >= 4 is 17.5 Å². The average Bonchev–Trinajstić information content (AvgIpc) is 3.56. The van der Waals surface area contributed by atoms with E-state index in [4.69, 9.17) is 9.72 Å². The van der Waals surface area contributed by atoms with E-state index in [2.05, 4.69) is 25.7 Å². The fraction of sp³-hybridized carbons (Fsp3) is 0.360. The van der Waals surface area contributed by atoms with Gasteiger partial charge in [0.1, 0.15) is 6.23 Å². The molecule has 2 aliphatic rings. The van der Waals surface area contributed by atoms with Gasteiger partial charge in [0.25, 0.3) is 11.8 Å². The molecule has 0 radical (unpaired) electrons. The first-order valence-corrected chi connectivity index (χ1v) is 12.2. The smallest absolute Gasteiger partial charge is 0.277 e. The third-order valence-electron chi connectivity index (χ3n) is 7.06. The number of nitrogens with zero attached hydrogens (tertiary/aromatic N) is 7. The Labute approximate surface area is 217 Å². The van der Waals surface area contributed by atoms with Crippen LogP contribution in [0.3, 0.4) is 0 Å². The third-order valence-corrected chi connectivity index (χ3v) is 7.06. The normalized spacial score (nSPS) is 17.6. The first kappa shape index (κ1) is 24.2. The number of likely N-dealkylation sites (tertiary alicyclic amines) is 1. The third kappa shape index (κ3) is 4.43. The molecule has 4 aromatic rings. The van der Waals surface area contributed by atoms with Crippen LogP contribution in [0, 0.1) is 0 Å². The standard InChI is InChI=1S/C25H27F2N9O2/c1-34-19(23(37)36-13-25(26,27)14-36)9-16-7-8-35(12-20(16)34)24-31-21(22(38-2)32-33-24)30-18-5-3-15(4-6-18)17-10-28-29-11-17/h3-6,9-11,23,37H,7-8,12-14H2,1-2H3,(H,28,29)(H,30,31,33). The molecule has 0 amide bonds. The zero-order valence-electron chi connectivity index (χ0n) is 20.9. The molecule has 38 heavy (non-hydrogen) atoms. The molecule has 1 aromatic carbocycles. The van der Waals surface area contributed by atoms with Gasteiger partial charge in [0.15, 0.2) is 5.82 Å². The minimum atomic E-state index is -2.74. The summed E-state index contributed by atoms with van der Waals surface area (Å²) in [7, 11) is 3.35. The predicted octanol–water partition coefficient (Wildman–Crippen LogP) is 2.86. The van der Waals surface area contributed by atoms with E-state index in [9.17, 15) is 13.9 Å². The number of ether oxygens (including phenoxy) is 1. The van der Waals surface area contributed by atoms with Crippen molar-refractivity contribution in [2.24, 2.45) is 7.05 Å². The van der Waals surface area contributed by atoms with Crippen molar-refractivity contribution in [1.29, 1.82) is 0 Å². The molecule has 0 saturated carbocycles. The van der Waals surface area contributed by atoms with E-state index < -0.39 is 25.2 Å². The Morgan fingerprint density at radius 3 is 2.63 bits per heavy atom. The van der Waals surface area contributed by atoms with Crippen LogP contribution < -0.4 is 15.0 Å². The van der Waals surface area contributed by atoms with Crippen LogP contribution in [0.4, 0.5) is 26.2 Å². The second-order valence-electron chi connectivity index (χ2n) is 9.57. The number of aliphatic hydroxyl groups excluding tert-OH is 1. The summed E-state index contributed by atoms with van der Waals surface area (Å²) in [5.41, 5.74) is 5.47. The van der Waals surface area contributed by atoms with E-state index in [1.54, 1.807) is 6.20 Å². The number of fused-ring (bicyclic) bond motifs is 1. The zero-order chi connectivity index (χ0) is 26.4. The number of rotatable bonds is 7. The van der Waals surface area contributed by atoms with Gasteiger partial charge in [0.2, 0.25) is 5.95 Å². The molecule has 2 aliphatic heterocycles. The lowest BCUT2D eigenvalue weighted by atomic mass is 10.1. The lowest BCUT2D eigenvalue weighted by molar-refractivity contribution is -0.187. The molecule has 3 N–H and O–H groups in total. The van der Waals surface area contributed by atoms with Crippen molar-refractivity contribution < 1.29 is 18.6 Å². The molecule has 6 rings (SSSR count). The lowest BCUT2D eigenvalue weighted by Gasteiger charge is -2.41. The SMILES string of the molecule is COc1nnc(N2CCc3cc(C(O)N4CC(F)(F)C4)n(C)c3C2)nc1Nc1ccc(-c2cn[nH]c2)cc1. The molecular weight excluding hydrogens is 496 g/mol. The Balaban J connectivity index is 1.20. The van der Waals surface area contributed by atoms with Crippen LogP contribution in [0.25, 0.3) is 11.1 Å². The lowest BCUT2D eigenvalue weighted by Crippen LogP contribution is -2.57. The number of hydrogen-bond acceptors (Lipinski definition) is 9. The molecular formula is C25H27F2N9O2. The Morgan fingerprint density at radius 1 is 1.16 bits per heavy atom. The van der Waals surface area contributed by atoms with Crippen molar-refractivity contribution in [1.82, 2.24) is 34.8 Å². The summed E-state index contributed by atoms with van der Waals surface area (Å²) < 4.78 is 33.9. The van der Waals surface area contributed by atoms with Crippen LogP contribution in [0.15, 0.2) is 42.7 Å². The Kier molecular flexibility index (Phi) is 5.95. The van der Waals surface area contributed by atoms with Gasteiger partial charge in [-0.2, -0.15) is 10.1 Å². The molecule has 1 saturated heterocycles. The number of nitrogens with one attached hydrogen (secondary N) is 2. The van der Waals surface area contributed by atoms with Gasteiger partial charge in [0.05, 0.1) is 38.6 Å². The minimum Gasteiger partial charge on any atom is -0.477 e. The van der Waals surface area contributed by atoms with Crippen molar-refractivity contribution in [3.63, 3.8) is 0 Å². The summed E-state index contributed by atoms with van der Waals surface area (Å²) in [5, 5.41) is 29.2. The quantitative estimate of drug-likeness (QED) is 0.336. The number of alkyl halides is 2. The molecule has 3 aromatic heterocycles. The zero-order valence-corrected chi connectivity index (χ0v) is 20.9. The summed E-state index contributed by atoms with van der Waals surface area (Å²) in [4.78, 5) is 8.06. The maximum absolute atomic E-state index is 13.3. The molecule has 1 unspecified atom stereocenters. The van der Waals surface area contributed by atoms with Crippen LogP contribution in [-0.2, 0) is 20.0 Å². The van der Waals surface area contributed by atoms with E-state index in [-0.39, 0.29) is 5.88 Å². The number of aromatic amines is 1. The summed E-state index contributed by atoms with van der Waals surface area (Å²) >= 11 is 0. The van der Waals surface area contributed by atoms with E-state index >= 15 is 0 Å². The molecule has 13 heteroatoms. The summed E-state index contributed by atoms with van der Waals surface area (Å²) in [6.07, 6.45) is 3.21. The number of aliphatic hydroxyl groups is 1. The highest BCUT2D eigenvalue weighted by Crippen LogP contribution is 2.36. The Hall–Kier alpha value is -4.10. The van der Waals surface area contributed by atoms with Crippen LogP contribution in [-0.4, -0.2) is 72.6 Å². The van der Waals surface area contributed by atoms with Crippen LogP contribution in [0.1, 0.15) is 23.2 Å². The molecule has 1 fully saturated rings. The van der Waals surface area contributed by atoms with Gasteiger partial charge in [-0.05, 0) is 35.7 Å². The van der Waals surface area contributed by atoms with E-state index in [0.717, 1.165) is 28.1 Å². The Morgan fingerprint density at radius 2 is 1.95 bits per heavy atom. The highest BCUT2D eigenvalue weighted by molar-refractivity contribution is 5.68. The van der Waals surface area contributed by atoms with Crippen LogP contribution >= 0.6 is 0 Å². The number of anilines is 3. The second kappa shape index (κ2) is 9.33. The van der Waals surface area contributed by atoms with Crippen LogP contribution in [0.2, 0.25) is 0 Å². The molecule has 198 valence electrons. The van der Waals surface area contributed by atoms with Gasteiger partial charge < -0.3 is 24.6 Å². The second-order valence-corrected chi connectivity index (χ2v) is 9.57. The maximum Gasteiger partial charge on any atom is 0.277 e. The number of benzene rings is 1. The maximum atomic E-state index is 13.3. The van der Waals surface area contributed by atoms with Gasteiger partial charge in [0, 0.05) is 36.7 Å². The molecule has 11 nitrogen and oxygen atoms in total. The number of hydrogen-bond donors (Lipinski definition) is 3. The Bertz CT molecular complexity index is 1430. The molecule has 0 aliphatic carbocycles. The summed E-state index contributed by atoms with van der Waals surface area (Å²) in [6, 6.07) is 9.72. The van der Waals surface area contributed by atoms with Crippen LogP contribution in [0.5, 0.6) is 5.88 Å². The largest absolute Gasteiger partial charge is 0.477 e. The summed E-state index contributed by atoms with van der Waals surface area (Å²) in [6.45, 7) is 0.245. The number of methoxy groups -OCH3 is 1. The van der Waals surface area contributed by atoms with Gasteiger partial charge >= 0.3 is 0 Å². The molecule has 1 atom stereocenters. The predicted molar refractivity (Wildman–Crippen MR) is 135 cm³/mol. The van der Waals surface area contributed by atoms with E-state index in [1.807, 2.05) is 53.0 Å². The van der Waals surface area contributed by atoms with Crippen molar-refractivity contribution in [3.05, 3.63) is 59.7 Å². The van der Waals surface area contributed by atoms with Gasteiger partial charge in [-0.3, -0.25) is 10.00 Å². The highest BCUT2D eigenvalue weighted by Gasteiger charge is 2.47. The van der Waals surface area contributed by atoms with E-state index in [0.29, 0.717) is 37.0 Å². The van der Waals surface area contributed by atoms with Gasteiger partial charge in [-0.1, -0.05) is 12.1 Å². The van der Waals surface area contributed by atoms with Crippen molar-refractivity contribution in [2.75, 3.05) is 37.0 Å². The highest BCUT2D eigenvalue weighted by atomic mass is 19.3. The van der Waals surface area contributed by atoms with Gasteiger partial charge in [-0.25, -0.2) is 8.78 Å². The number of H-pyrrole nitrogens is 1. The first-order chi connectivity index (χ1) is 18.3. The fourth-order valence-corrected chi connectivity index (χ4v) is 4.95. The number of halogens is 2. The average molecular weight is 524 g/mol. The molecule has 5 heterocycles. The number of aromatic nitrogens is 6.